The van der Waals surface area contributed by atoms with Crippen LogP contribution in [0.25, 0.3) is 17.4 Å². The molecule has 1 amide bonds. The van der Waals surface area contributed by atoms with Crippen LogP contribution in [-0.4, -0.2) is 10.9 Å². The first kappa shape index (κ1) is 17.0. The molecule has 0 spiro atoms. The van der Waals surface area contributed by atoms with Gasteiger partial charge >= 0.3 is 0 Å². The van der Waals surface area contributed by atoms with Crippen molar-refractivity contribution in [3.05, 3.63) is 82.8 Å². The fourth-order valence-corrected chi connectivity index (χ4v) is 2.43. The molecule has 1 aromatic carbocycles. The van der Waals surface area contributed by atoms with Gasteiger partial charge in [-0.1, -0.05) is 29.8 Å². The lowest BCUT2D eigenvalue weighted by atomic mass is 10.1. The highest BCUT2D eigenvalue weighted by molar-refractivity contribution is 6.31. The summed E-state index contributed by atoms with van der Waals surface area (Å²) in [6.45, 7) is 2.38. The van der Waals surface area contributed by atoms with E-state index in [0.717, 1.165) is 16.7 Å². The van der Waals surface area contributed by atoms with E-state index in [1.807, 2.05) is 49.4 Å². The molecule has 0 aliphatic rings. The molecule has 0 fully saturated rings. The van der Waals surface area contributed by atoms with Gasteiger partial charge in [-0.05, 0) is 48.4 Å². The molecule has 0 aliphatic heterocycles. The van der Waals surface area contributed by atoms with Crippen LogP contribution in [0.2, 0.25) is 5.02 Å². The number of nitrogens with one attached hydrogen (secondary N) is 1. The highest BCUT2D eigenvalue weighted by atomic mass is 35.5. The van der Waals surface area contributed by atoms with Gasteiger partial charge in [-0.2, -0.15) is 0 Å². The largest absolute Gasteiger partial charge is 0.457 e. The van der Waals surface area contributed by atoms with Crippen molar-refractivity contribution in [1.82, 2.24) is 10.3 Å². The number of hydrogen-bond acceptors (Lipinski definition) is 3. The number of carbonyl (C=O) groups excluding carboxylic acids is 1. The summed E-state index contributed by atoms with van der Waals surface area (Å²) < 4.78 is 5.74. The molecule has 126 valence electrons. The van der Waals surface area contributed by atoms with Crippen LogP contribution in [0.3, 0.4) is 0 Å². The van der Waals surface area contributed by atoms with Crippen molar-refractivity contribution in [2.45, 2.75) is 13.5 Å². The molecule has 3 rings (SSSR count). The van der Waals surface area contributed by atoms with Crippen molar-refractivity contribution in [2.75, 3.05) is 0 Å². The van der Waals surface area contributed by atoms with Gasteiger partial charge in [0.15, 0.2) is 0 Å². The number of aromatic nitrogens is 1. The van der Waals surface area contributed by atoms with Gasteiger partial charge < -0.3 is 9.73 Å². The number of pyridine rings is 1. The highest BCUT2D eigenvalue weighted by Gasteiger charge is 2.05. The molecule has 0 saturated carbocycles. The molecule has 0 aliphatic carbocycles. The molecular weight excluding hydrogens is 336 g/mol. The summed E-state index contributed by atoms with van der Waals surface area (Å²) in [4.78, 5) is 15.9. The van der Waals surface area contributed by atoms with Crippen LogP contribution in [0, 0.1) is 6.92 Å². The Labute approximate surface area is 151 Å². The predicted molar refractivity (Wildman–Crippen MR) is 99.0 cm³/mol. The minimum atomic E-state index is -0.194. The van der Waals surface area contributed by atoms with Crippen molar-refractivity contribution in [2.24, 2.45) is 0 Å². The van der Waals surface area contributed by atoms with E-state index in [4.69, 9.17) is 16.0 Å². The van der Waals surface area contributed by atoms with E-state index in [1.54, 1.807) is 18.5 Å². The van der Waals surface area contributed by atoms with Crippen LogP contribution >= 0.6 is 11.6 Å². The van der Waals surface area contributed by atoms with Crippen LogP contribution in [-0.2, 0) is 11.3 Å². The van der Waals surface area contributed by atoms with Crippen molar-refractivity contribution >= 4 is 23.6 Å². The van der Waals surface area contributed by atoms with E-state index in [2.05, 4.69) is 10.3 Å². The summed E-state index contributed by atoms with van der Waals surface area (Å²) in [5.41, 5.74) is 2.86. The first-order chi connectivity index (χ1) is 12.1. The summed E-state index contributed by atoms with van der Waals surface area (Å²) in [7, 11) is 0. The van der Waals surface area contributed by atoms with Gasteiger partial charge in [0.25, 0.3) is 0 Å². The lowest BCUT2D eigenvalue weighted by Gasteiger charge is -2.01. The third-order valence-corrected chi connectivity index (χ3v) is 4.08. The summed E-state index contributed by atoms with van der Waals surface area (Å²) in [5.74, 6) is 1.11. The zero-order valence-electron chi connectivity index (χ0n) is 13.7. The minimum Gasteiger partial charge on any atom is -0.457 e. The van der Waals surface area contributed by atoms with Crippen molar-refractivity contribution in [1.29, 1.82) is 0 Å². The zero-order valence-corrected chi connectivity index (χ0v) is 14.5. The van der Waals surface area contributed by atoms with Crippen molar-refractivity contribution in [3.8, 4) is 11.3 Å². The van der Waals surface area contributed by atoms with Gasteiger partial charge in [-0.25, -0.2) is 0 Å². The van der Waals surface area contributed by atoms with Crippen molar-refractivity contribution < 1.29 is 9.21 Å². The lowest BCUT2D eigenvalue weighted by Crippen LogP contribution is -2.20. The Hall–Kier alpha value is -2.85. The third-order valence-electron chi connectivity index (χ3n) is 3.67. The number of amides is 1. The van der Waals surface area contributed by atoms with E-state index in [-0.39, 0.29) is 5.91 Å². The van der Waals surface area contributed by atoms with Gasteiger partial charge in [-0.3, -0.25) is 9.78 Å². The van der Waals surface area contributed by atoms with E-state index in [1.165, 1.54) is 6.08 Å². The van der Waals surface area contributed by atoms with Crippen LogP contribution in [0.1, 0.15) is 16.9 Å². The maximum absolute atomic E-state index is 11.9. The summed E-state index contributed by atoms with van der Waals surface area (Å²) in [6, 6.07) is 13.2. The fraction of sp³-hybridized carbons (Fsp3) is 0.100. The van der Waals surface area contributed by atoms with E-state index in [9.17, 15) is 4.79 Å². The fourth-order valence-electron chi connectivity index (χ4n) is 2.25. The Bertz CT molecular complexity index is 901. The molecule has 4 nitrogen and oxygen atoms in total. The van der Waals surface area contributed by atoms with Crippen molar-refractivity contribution in [3.63, 3.8) is 0 Å². The Balaban J connectivity index is 1.61. The topological polar surface area (TPSA) is 55.1 Å². The smallest absolute Gasteiger partial charge is 0.244 e. The molecule has 1 N–H and O–H groups in total. The maximum atomic E-state index is 11.9. The number of nitrogens with zero attached hydrogens (tertiary/aromatic N) is 1. The van der Waals surface area contributed by atoms with Gasteiger partial charge in [-0.15, -0.1) is 0 Å². The minimum absolute atomic E-state index is 0.194. The summed E-state index contributed by atoms with van der Waals surface area (Å²) >= 11 is 6.15. The Morgan fingerprint density at radius 3 is 2.92 bits per heavy atom. The van der Waals surface area contributed by atoms with Gasteiger partial charge in [0.2, 0.25) is 5.91 Å². The number of furan rings is 1. The average Bonchev–Trinajstić information content (AvgIpc) is 3.10. The highest BCUT2D eigenvalue weighted by Crippen LogP contribution is 2.27. The van der Waals surface area contributed by atoms with Gasteiger partial charge in [0.05, 0.1) is 0 Å². The first-order valence-electron chi connectivity index (χ1n) is 7.83. The molecule has 2 heterocycles. The molecule has 2 aromatic heterocycles. The van der Waals surface area contributed by atoms with Crippen LogP contribution < -0.4 is 5.32 Å². The molecule has 0 unspecified atom stereocenters. The van der Waals surface area contributed by atoms with E-state index < -0.39 is 0 Å². The molecule has 25 heavy (non-hydrogen) atoms. The van der Waals surface area contributed by atoms with E-state index in [0.29, 0.717) is 23.1 Å². The second kappa shape index (κ2) is 7.81. The standard InChI is InChI=1S/C20H17ClN2O2/c1-14-4-5-16(11-18(14)21)19-8-6-17(25-19)7-9-20(24)23-13-15-3-2-10-22-12-15/h2-12H,13H2,1H3,(H,23,24). The number of carbonyl (C=O) groups is 1. The van der Waals surface area contributed by atoms with E-state index >= 15 is 0 Å². The second-order valence-corrected chi connectivity index (χ2v) is 5.99. The second-order valence-electron chi connectivity index (χ2n) is 5.58. The van der Waals surface area contributed by atoms with Crippen LogP contribution in [0.5, 0.6) is 0 Å². The Morgan fingerprint density at radius 2 is 2.16 bits per heavy atom. The number of benzene rings is 1. The summed E-state index contributed by atoms with van der Waals surface area (Å²) in [5, 5.41) is 3.49. The average molecular weight is 353 g/mol. The number of halogens is 1. The van der Waals surface area contributed by atoms with Gasteiger partial charge in [0.1, 0.15) is 11.5 Å². The number of hydrogen-bond donors (Lipinski definition) is 1. The molecule has 5 heteroatoms. The predicted octanol–water partition coefficient (Wildman–Crippen LogP) is 4.63. The summed E-state index contributed by atoms with van der Waals surface area (Å²) in [6.07, 6.45) is 6.50. The SMILES string of the molecule is Cc1ccc(-c2ccc(C=CC(=O)NCc3cccnc3)o2)cc1Cl. The van der Waals surface area contributed by atoms with Crippen LogP contribution in [0.15, 0.2) is 65.4 Å². The monoisotopic (exact) mass is 352 g/mol. The molecule has 0 saturated heterocycles. The molecule has 3 aromatic rings. The van der Waals surface area contributed by atoms with Crippen LogP contribution in [0.4, 0.5) is 0 Å². The molecule has 0 radical (unpaired) electrons. The number of rotatable bonds is 5. The quantitative estimate of drug-likeness (QED) is 0.681. The number of aryl methyl sites for hydroxylation is 1. The Morgan fingerprint density at radius 1 is 1.28 bits per heavy atom. The normalized spacial score (nSPS) is 11.0. The first-order valence-corrected chi connectivity index (χ1v) is 8.21. The zero-order chi connectivity index (χ0) is 17.6. The molecule has 0 atom stereocenters. The molecular formula is C20H17ClN2O2. The molecule has 0 bridgehead atoms. The maximum Gasteiger partial charge on any atom is 0.244 e. The third kappa shape index (κ3) is 4.58. The van der Waals surface area contributed by atoms with Gasteiger partial charge in [0, 0.05) is 35.6 Å². The lowest BCUT2D eigenvalue weighted by molar-refractivity contribution is -0.116. The Kier molecular flexibility index (Phi) is 5.31.